The monoisotopic (exact) mass is 214 g/mol. The lowest BCUT2D eigenvalue weighted by atomic mass is 10.2. The molecule has 0 spiro atoms. The molecule has 76 valence electrons. The van der Waals surface area contributed by atoms with Crippen LogP contribution in [-0.4, -0.2) is 24.6 Å². The molecule has 1 rings (SSSR count). The molecule has 0 atom stereocenters. The van der Waals surface area contributed by atoms with Crippen LogP contribution >= 0.6 is 11.8 Å². The highest BCUT2D eigenvalue weighted by Gasteiger charge is 2.11. The summed E-state index contributed by atoms with van der Waals surface area (Å²) in [6.07, 6.45) is 1.91. The number of rotatable bonds is 4. The van der Waals surface area contributed by atoms with Crippen LogP contribution in [0.2, 0.25) is 0 Å². The third kappa shape index (κ3) is 3.03. The number of ether oxygens (including phenoxy) is 1. The highest BCUT2D eigenvalue weighted by molar-refractivity contribution is 7.98. The second-order valence-corrected chi connectivity index (χ2v) is 3.59. The van der Waals surface area contributed by atoms with Crippen molar-refractivity contribution in [2.24, 2.45) is 0 Å². The van der Waals surface area contributed by atoms with Crippen molar-refractivity contribution < 1.29 is 13.9 Å². The van der Waals surface area contributed by atoms with E-state index < -0.39 is 11.8 Å². The van der Waals surface area contributed by atoms with Gasteiger partial charge in [-0.1, -0.05) is 12.1 Å². The average Bonchev–Trinajstić information content (AvgIpc) is 2.18. The molecule has 0 fully saturated rings. The lowest BCUT2D eigenvalue weighted by molar-refractivity contribution is 0.0525. The van der Waals surface area contributed by atoms with Crippen molar-refractivity contribution in [1.29, 1.82) is 0 Å². The largest absolute Gasteiger partial charge is 0.461 e. The lowest BCUT2D eigenvalue weighted by Crippen LogP contribution is -2.09. The molecule has 0 saturated heterocycles. The van der Waals surface area contributed by atoms with E-state index in [1.54, 1.807) is 17.8 Å². The first-order valence-corrected chi connectivity index (χ1v) is 5.55. The molecule has 0 aromatic heterocycles. The number of carbonyl (C=O) groups is 1. The van der Waals surface area contributed by atoms with E-state index >= 15 is 0 Å². The first-order valence-electron chi connectivity index (χ1n) is 4.16. The van der Waals surface area contributed by atoms with E-state index in [0.29, 0.717) is 6.61 Å². The standard InChI is InChI=1S/C10H11FO2S/c1-14-7-6-13-10(12)8-4-2-3-5-9(8)11/h2-5H,6-7H2,1H3. The fourth-order valence-corrected chi connectivity index (χ4v) is 1.17. The number of hydrogen-bond donors (Lipinski definition) is 0. The van der Waals surface area contributed by atoms with Gasteiger partial charge < -0.3 is 4.74 Å². The number of halogens is 1. The molecule has 0 aliphatic rings. The van der Waals surface area contributed by atoms with E-state index in [1.807, 2.05) is 6.26 Å². The molecule has 0 radical (unpaired) electrons. The summed E-state index contributed by atoms with van der Waals surface area (Å²) < 4.78 is 17.9. The van der Waals surface area contributed by atoms with E-state index in [9.17, 15) is 9.18 Å². The SMILES string of the molecule is CSCCOC(=O)c1ccccc1F. The second kappa shape index (κ2) is 5.65. The molecule has 0 heterocycles. The van der Waals surface area contributed by atoms with E-state index in [0.717, 1.165) is 5.75 Å². The molecule has 0 saturated carbocycles. The maximum absolute atomic E-state index is 13.0. The van der Waals surface area contributed by atoms with Crippen molar-refractivity contribution in [2.45, 2.75) is 0 Å². The summed E-state index contributed by atoms with van der Waals surface area (Å²) in [5.41, 5.74) is -0.00592. The third-order valence-electron chi connectivity index (χ3n) is 1.61. The third-order valence-corrected chi connectivity index (χ3v) is 2.19. The molecule has 2 nitrogen and oxygen atoms in total. The zero-order valence-corrected chi connectivity index (χ0v) is 8.64. The Kier molecular flexibility index (Phi) is 4.46. The molecule has 1 aromatic carbocycles. The molecular formula is C10H11FO2S. The molecule has 0 aliphatic carbocycles. The number of thioether (sulfide) groups is 1. The summed E-state index contributed by atoms with van der Waals surface area (Å²) in [7, 11) is 0. The maximum Gasteiger partial charge on any atom is 0.341 e. The van der Waals surface area contributed by atoms with Gasteiger partial charge in [-0.05, 0) is 18.4 Å². The predicted octanol–water partition coefficient (Wildman–Crippen LogP) is 2.35. The molecule has 1 aromatic rings. The van der Waals surface area contributed by atoms with Crippen LogP contribution < -0.4 is 0 Å². The molecule has 4 heteroatoms. The Bertz CT molecular complexity index is 315. The zero-order valence-electron chi connectivity index (χ0n) is 7.83. The molecule has 0 N–H and O–H groups in total. The second-order valence-electron chi connectivity index (χ2n) is 2.61. The van der Waals surface area contributed by atoms with Crippen molar-refractivity contribution in [1.82, 2.24) is 0 Å². The highest BCUT2D eigenvalue weighted by Crippen LogP contribution is 2.07. The van der Waals surface area contributed by atoms with Gasteiger partial charge in [0, 0.05) is 5.75 Å². The van der Waals surface area contributed by atoms with Gasteiger partial charge >= 0.3 is 5.97 Å². The summed E-state index contributed by atoms with van der Waals surface area (Å²) in [5.74, 6) is -0.418. The van der Waals surface area contributed by atoms with E-state index in [4.69, 9.17) is 4.74 Å². The van der Waals surface area contributed by atoms with Crippen molar-refractivity contribution in [3.05, 3.63) is 35.6 Å². The number of esters is 1. The van der Waals surface area contributed by atoms with Crippen LogP contribution in [0.25, 0.3) is 0 Å². The van der Waals surface area contributed by atoms with Gasteiger partial charge in [-0.2, -0.15) is 11.8 Å². The molecular weight excluding hydrogens is 203 g/mol. The van der Waals surface area contributed by atoms with E-state index in [2.05, 4.69) is 0 Å². The minimum absolute atomic E-state index is 0.00592. The minimum Gasteiger partial charge on any atom is -0.461 e. The molecule has 0 aliphatic heterocycles. The van der Waals surface area contributed by atoms with Crippen LogP contribution in [0, 0.1) is 5.82 Å². The van der Waals surface area contributed by atoms with Gasteiger partial charge in [-0.25, -0.2) is 9.18 Å². The Morgan fingerprint density at radius 2 is 2.21 bits per heavy atom. The van der Waals surface area contributed by atoms with Crippen molar-refractivity contribution in [3.8, 4) is 0 Å². The summed E-state index contributed by atoms with van der Waals surface area (Å²) in [4.78, 5) is 11.3. The average molecular weight is 214 g/mol. The van der Waals surface area contributed by atoms with Gasteiger partial charge in [0.2, 0.25) is 0 Å². The fourth-order valence-electron chi connectivity index (χ4n) is 0.922. The van der Waals surface area contributed by atoms with Gasteiger partial charge in [-0.3, -0.25) is 0 Å². The minimum atomic E-state index is -0.600. The summed E-state index contributed by atoms with van der Waals surface area (Å²) in [5, 5.41) is 0. The van der Waals surface area contributed by atoms with Crippen LogP contribution in [0.5, 0.6) is 0 Å². The Morgan fingerprint density at radius 1 is 1.50 bits per heavy atom. The highest BCUT2D eigenvalue weighted by atomic mass is 32.2. The predicted molar refractivity (Wildman–Crippen MR) is 55.1 cm³/mol. The fraction of sp³-hybridized carbons (Fsp3) is 0.300. The molecule has 0 bridgehead atoms. The lowest BCUT2D eigenvalue weighted by Gasteiger charge is -2.03. The van der Waals surface area contributed by atoms with Crippen LogP contribution in [0.3, 0.4) is 0 Å². The molecule has 14 heavy (non-hydrogen) atoms. The smallest absolute Gasteiger partial charge is 0.341 e. The Balaban J connectivity index is 2.56. The Hall–Kier alpha value is -1.03. The van der Waals surface area contributed by atoms with E-state index in [1.165, 1.54) is 18.2 Å². The summed E-state index contributed by atoms with van der Waals surface area (Å²) >= 11 is 1.57. The van der Waals surface area contributed by atoms with Crippen LogP contribution in [-0.2, 0) is 4.74 Å². The Morgan fingerprint density at radius 3 is 2.86 bits per heavy atom. The van der Waals surface area contributed by atoms with Gasteiger partial charge in [0.1, 0.15) is 12.4 Å². The van der Waals surface area contributed by atoms with Gasteiger partial charge in [0.25, 0.3) is 0 Å². The van der Waals surface area contributed by atoms with Gasteiger partial charge in [0.15, 0.2) is 0 Å². The Labute approximate surface area is 86.5 Å². The summed E-state index contributed by atoms with van der Waals surface area (Å²) in [6.45, 7) is 0.314. The maximum atomic E-state index is 13.0. The number of hydrogen-bond acceptors (Lipinski definition) is 3. The normalized spacial score (nSPS) is 9.86. The first-order chi connectivity index (χ1) is 6.75. The van der Waals surface area contributed by atoms with Gasteiger partial charge in [0.05, 0.1) is 5.56 Å². The topological polar surface area (TPSA) is 26.3 Å². The van der Waals surface area contributed by atoms with Crippen molar-refractivity contribution in [2.75, 3.05) is 18.6 Å². The van der Waals surface area contributed by atoms with Crippen LogP contribution in [0.1, 0.15) is 10.4 Å². The quantitative estimate of drug-likeness (QED) is 0.568. The number of carbonyl (C=O) groups excluding carboxylic acids is 1. The first kappa shape index (κ1) is 11.0. The van der Waals surface area contributed by atoms with Crippen LogP contribution in [0.15, 0.2) is 24.3 Å². The molecule has 0 unspecified atom stereocenters. The summed E-state index contributed by atoms with van der Waals surface area (Å²) in [6, 6.07) is 5.80. The van der Waals surface area contributed by atoms with Gasteiger partial charge in [-0.15, -0.1) is 0 Å². The van der Waals surface area contributed by atoms with E-state index in [-0.39, 0.29) is 5.56 Å². The molecule has 0 amide bonds. The number of benzene rings is 1. The van der Waals surface area contributed by atoms with Crippen molar-refractivity contribution >= 4 is 17.7 Å². The zero-order chi connectivity index (χ0) is 10.4. The van der Waals surface area contributed by atoms with Crippen molar-refractivity contribution in [3.63, 3.8) is 0 Å². The van der Waals surface area contributed by atoms with Crippen LogP contribution in [0.4, 0.5) is 4.39 Å².